The van der Waals surface area contributed by atoms with Crippen LogP contribution in [0.2, 0.25) is 0 Å². The number of hydrogen-bond acceptors (Lipinski definition) is 6. The first-order valence-electron chi connectivity index (χ1n) is 5.54. The molecule has 0 aliphatic heterocycles. The molecular formula is C10H12F3N5OS. The third-order valence-corrected chi connectivity index (χ3v) is 3.50. The summed E-state index contributed by atoms with van der Waals surface area (Å²) in [6.45, 7) is 1.52. The summed E-state index contributed by atoms with van der Waals surface area (Å²) in [7, 11) is 1.70. The van der Waals surface area contributed by atoms with Crippen LogP contribution in [0, 0.1) is 0 Å². The van der Waals surface area contributed by atoms with Crippen LogP contribution in [0.25, 0.3) is 0 Å². The normalized spacial score (nSPS) is 15.1. The fourth-order valence-corrected chi connectivity index (χ4v) is 2.06. The Morgan fingerprint density at radius 2 is 2.10 bits per heavy atom. The van der Waals surface area contributed by atoms with E-state index in [2.05, 4.69) is 20.6 Å². The number of halogens is 3. The molecule has 2 N–H and O–H groups in total. The lowest BCUT2D eigenvalue weighted by molar-refractivity contribution is -0.138. The SMILES string of the molecule is Cn1cc(C(C)(O)CNc2nnc(C(F)(F)F)s2)cn1. The molecule has 20 heavy (non-hydrogen) atoms. The molecule has 0 fully saturated rings. The number of aliphatic hydroxyl groups is 1. The topological polar surface area (TPSA) is 75.9 Å². The van der Waals surface area contributed by atoms with Crippen molar-refractivity contribution in [3.8, 4) is 0 Å². The summed E-state index contributed by atoms with van der Waals surface area (Å²) in [5, 5.41) is 22.2. The van der Waals surface area contributed by atoms with Gasteiger partial charge >= 0.3 is 6.18 Å². The van der Waals surface area contributed by atoms with Crippen LogP contribution in [0.4, 0.5) is 18.3 Å². The minimum Gasteiger partial charge on any atom is -0.383 e. The van der Waals surface area contributed by atoms with Gasteiger partial charge in [0.05, 0.1) is 6.20 Å². The van der Waals surface area contributed by atoms with Crippen molar-refractivity contribution in [1.82, 2.24) is 20.0 Å². The van der Waals surface area contributed by atoms with Gasteiger partial charge in [-0.3, -0.25) is 4.68 Å². The zero-order valence-electron chi connectivity index (χ0n) is 10.6. The molecule has 0 aliphatic rings. The first-order chi connectivity index (χ1) is 9.18. The van der Waals surface area contributed by atoms with Gasteiger partial charge in [-0.1, -0.05) is 11.3 Å². The fraction of sp³-hybridized carbons (Fsp3) is 0.500. The lowest BCUT2D eigenvalue weighted by Gasteiger charge is -2.21. The number of alkyl halides is 3. The number of nitrogens with one attached hydrogen (secondary N) is 1. The van der Waals surface area contributed by atoms with Crippen LogP contribution in [-0.2, 0) is 18.8 Å². The fourth-order valence-electron chi connectivity index (χ4n) is 1.46. The standard InChI is InChI=1S/C10H12F3N5OS/c1-9(19,6-3-15-18(2)4-6)5-14-8-17-16-7(20-8)10(11,12)13/h3-4,19H,5H2,1-2H3,(H,14,17). The predicted molar refractivity (Wildman–Crippen MR) is 66.2 cm³/mol. The third-order valence-electron chi connectivity index (χ3n) is 2.58. The number of hydrogen-bond donors (Lipinski definition) is 2. The molecule has 2 aromatic rings. The molecule has 1 atom stereocenters. The highest BCUT2D eigenvalue weighted by atomic mass is 32.1. The van der Waals surface area contributed by atoms with E-state index in [1.807, 2.05) is 0 Å². The van der Waals surface area contributed by atoms with Crippen LogP contribution < -0.4 is 5.32 Å². The Morgan fingerprint density at radius 1 is 1.40 bits per heavy atom. The van der Waals surface area contributed by atoms with E-state index in [9.17, 15) is 18.3 Å². The zero-order chi connectivity index (χ0) is 15.0. The molecule has 0 aliphatic carbocycles. The van der Waals surface area contributed by atoms with Gasteiger partial charge in [-0.05, 0) is 6.92 Å². The smallest absolute Gasteiger partial charge is 0.383 e. The number of aryl methyl sites for hydroxylation is 1. The first-order valence-corrected chi connectivity index (χ1v) is 6.36. The average Bonchev–Trinajstić information content (AvgIpc) is 2.94. The highest BCUT2D eigenvalue weighted by Gasteiger charge is 2.36. The van der Waals surface area contributed by atoms with Gasteiger partial charge in [-0.25, -0.2) is 0 Å². The Hall–Kier alpha value is -1.68. The summed E-state index contributed by atoms with van der Waals surface area (Å²) >= 11 is 0.391. The van der Waals surface area contributed by atoms with Crippen molar-refractivity contribution in [3.63, 3.8) is 0 Å². The molecule has 1 unspecified atom stereocenters. The molecule has 0 saturated heterocycles. The van der Waals surface area contributed by atoms with Gasteiger partial charge in [-0.2, -0.15) is 18.3 Å². The molecular weight excluding hydrogens is 295 g/mol. The summed E-state index contributed by atoms with van der Waals surface area (Å²) in [5.74, 6) is 0. The number of aromatic nitrogens is 4. The third kappa shape index (κ3) is 3.25. The van der Waals surface area contributed by atoms with E-state index in [1.165, 1.54) is 17.8 Å². The van der Waals surface area contributed by atoms with Gasteiger partial charge in [0.25, 0.3) is 0 Å². The Morgan fingerprint density at radius 3 is 2.60 bits per heavy atom. The van der Waals surface area contributed by atoms with E-state index >= 15 is 0 Å². The minimum atomic E-state index is -4.51. The molecule has 0 radical (unpaired) electrons. The van der Waals surface area contributed by atoms with Crippen molar-refractivity contribution in [3.05, 3.63) is 23.0 Å². The van der Waals surface area contributed by atoms with Gasteiger partial charge in [0.1, 0.15) is 5.60 Å². The van der Waals surface area contributed by atoms with Crippen molar-refractivity contribution in [1.29, 1.82) is 0 Å². The van der Waals surface area contributed by atoms with Crippen molar-refractivity contribution in [2.45, 2.75) is 18.7 Å². The zero-order valence-corrected chi connectivity index (χ0v) is 11.5. The Bertz CT molecular complexity index is 592. The predicted octanol–water partition coefficient (Wildman–Crippen LogP) is 1.61. The maximum Gasteiger partial charge on any atom is 0.445 e. The van der Waals surface area contributed by atoms with Crippen molar-refractivity contribution in [2.75, 3.05) is 11.9 Å². The van der Waals surface area contributed by atoms with E-state index in [4.69, 9.17) is 0 Å². The summed E-state index contributed by atoms with van der Waals surface area (Å²) in [6, 6.07) is 0. The van der Waals surface area contributed by atoms with Crippen LogP contribution in [0.1, 0.15) is 17.5 Å². The second kappa shape index (κ2) is 5.02. The van der Waals surface area contributed by atoms with Gasteiger partial charge in [0.2, 0.25) is 10.1 Å². The van der Waals surface area contributed by atoms with E-state index in [-0.39, 0.29) is 11.7 Å². The van der Waals surface area contributed by atoms with Gasteiger partial charge in [0.15, 0.2) is 0 Å². The van der Waals surface area contributed by atoms with Crippen LogP contribution in [0.15, 0.2) is 12.4 Å². The second-order valence-corrected chi connectivity index (χ2v) is 5.42. The molecule has 0 bridgehead atoms. The molecule has 2 heterocycles. The summed E-state index contributed by atoms with van der Waals surface area (Å²) in [6.07, 6.45) is -1.39. The Balaban J connectivity index is 2.03. The number of rotatable bonds is 4. The average molecular weight is 307 g/mol. The van der Waals surface area contributed by atoms with Gasteiger partial charge < -0.3 is 10.4 Å². The molecule has 0 spiro atoms. The van der Waals surface area contributed by atoms with E-state index in [0.717, 1.165) is 0 Å². The molecule has 2 rings (SSSR count). The number of nitrogens with zero attached hydrogens (tertiary/aromatic N) is 4. The van der Waals surface area contributed by atoms with Crippen molar-refractivity contribution < 1.29 is 18.3 Å². The van der Waals surface area contributed by atoms with Crippen LogP contribution >= 0.6 is 11.3 Å². The maximum atomic E-state index is 12.4. The largest absolute Gasteiger partial charge is 0.445 e. The summed E-state index contributed by atoms with van der Waals surface area (Å²) in [5.41, 5.74) is -0.730. The minimum absolute atomic E-state index is 0.00138. The van der Waals surface area contributed by atoms with Crippen molar-refractivity contribution in [2.24, 2.45) is 7.05 Å². The van der Waals surface area contributed by atoms with E-state index in [0.29, 0.717) is 16.9 Å². The van der Waals surface area contributed by atoms with Gasteiger partial charge in [0, 0.05) is 25.4 Å². The van der Waals surface area contributed by atoms with Crippen LogP contribution in [0.3, 0.4) is 0 Å². The quantitative estimate of drug-likeness (QED) is 0.897. The monoisotopic (exact) mass is 307 g/mol. The van der Waals surface area contributed by atoms with Crippen molar-refractivity contribution >= 4 is 16.5 Å². The molecule has 110 valence electrons. The molecule has 0 amide bonds. The van der Waals surface area contributed by atoms with E-state index in [1.54, 1.807) is 13.2 Å². The number of anilines is 1. The lowest BCUT2D eigenvalue weighted by atomic mass is 10.00. The van der Waals surface area contributed by atoms with E-state index < -0.39 is 16.8 Å². The Labute approximate surface area is 116 Å². The lowest BCUT2D eigenvalue weighted by Crippen LogP contribution is -2.30. The summed E-state index contributed by atoms with van der Waals surface area (Å²) in [4.78, 5) is 0. The van der Waals surface area contributed by atoms with Gasteiger partial charge in [-0.15, -0.1) is 10.2 Å². The molecule has 2 aromatic heterocycles. The summed E-state index contributed by atoms with van der Waals surface area (Å²) < 4.78 is 38.6. The molecule has 10 heteroatoms. The molecule has 0 aromatic carbocycles. The molecule has 0 saturated carbocycles. The Kier molecular flexibility index (Phi) is 3.69. The van der Waals surface area contributed by atoms with Crippen LogP contribution in [-0.4, -0.2) is 31.6 Å². The van der Waals surface area contributed by atoms with Crippen LogP contribution in [0.5, 0.6) is 0 Å². The second-order valence-electron chi connectivity index (χ2n) is 4.44. The highest BCUT2D eigenvalue weighted by Crippen LogP contribution is 2.33. The highest BCUT2D eigenvalue weighted by molar-refractivity contribution is 7.15. The molecule has 6 nitrogen and oxygen atoms in total. The first kappa shape index (κ1) is 14.7. The maximum absolute atomic E-state index is 12.4.